The van der Waals surface area contributed by atoms with Crippen LogP contribution < -0.4 is 0 Å². The summed E-state index contributed by atoms with van der Waals surface area (Å²) in [6.45, 7) is 3.53. The Bertz CT molecular complexity index is 214. The Morgan fingerprint density at radius 1 is 0.882 bits per heavy atom. The molecule has 17 heavy (non-hydrogen) atoms. The minimum absolute atomic E-state index is 0.347. The number of hydrogen-bond donors (Lipinski definition) is 1. The van der Waals surface area contributed by atoms with Gasteiger partial charge in [-0.2, -0.15) is 0 Å². The van der Waals surface area contributed by atoms with E-state index in [9.17, 15) is 4.79 Å². The van der Waals surface area contributed by atoms with Gasteiger partial charge in [0.25, 0.3) is 0 Å². The second-order valence-corrected chi connectivity index (χ2v) is 5.32. The van der Waals surface area contributed by atoms with Crippen molar-refractivity contribution in [1.82, 2.24) is 0 Å². The number of aliphatic carboxylic acids is 1. The first-order valence-corrected chi connectivity index (χ1v) is 7.77. The van der Waals surface area contributed by atoms with Crippen LogP contribution in [0.5, 0.6) is 0 Å². The number of alkyl halides is 1. The second kappa shape index (κ2) is 12.2. The standard InChI is InChI=1S/C14H25BrO2/c1-13(14(16)17)11-9-7-5-3-2-4-6-8-10-12-15/h1-12H2,(H,16,17). The quantitative estimate of drug-likeness (QED) is 0.315. The van der Waals surface area contributed by atoms with Gasteiger partial charge < -0.3 is 5.11 Å². The molecule has 0 aliphatic heterocycles. The van der Waals surface area contributed by atoms with Gasteiger partial charge in [0.2, 0.25) is 0 Å². The summed E-state index contributed by atoms with van der Waals surface area (Å²) in [7, 11) is 0. The normalized spacial score (nSPS) is 10.4. The maximum atomic E-state index is 10.5. The van der Waals surface area contributed by atoms with Crippen LogP contribution in [0.4, 0.5) is 0 Å². The highest BCUT2D eigenvalue weighted by atomic mass is 79.9. The molecular formula is C14H25BrO2. The zero-order valence-electron chi connectivity index (χ0n) is 10.7. The van der Waals surface area contributed by atoms with Crippen LogP contribution in [-0.2, 0) is 4.79 Å². The van der Waals surface area contributed by atoms with Crippen LogP contribution in [0.25, 0.3) is 0 Å². The van der Waals surface area contributed by atoms with Gasteiger partial charge in [-0.3, -0.25) is 0 Å². The van der Waals surface area contributed by atoms with Gasteiger partial charge in [0.05, 0.1) is 0 Å². The van der Waals surface area contributed by atoms with Crippen molar-refractivity contribution in [2.24, 2.45) is 0 Å². The molecule has 0 radical (unpaired) electrons. The summed E-state index contributed by atoms with van der Waals surface area (Å²) in [6.07, 6.45) is 11.9. The van der Waals surface area contributed by atoms with Crippen LogP contribution in [0.15, 0.2) is 12.2 Å². The van der Waals surface area contributed by atoms with E-state index in [1.165, 1.54) is 44.9 Å². The molecule has 0 saturated carbocycles. The van der Waals surface area contributed by atoms with E-state index >= 15 is 0 Å². The summed E-state index contributed by atoms with van der Waals surface area (Å²) in [5.74, 6) is -0.850. The van der Waals surface area contributed by atoms with E-state index in [1.807, 2.05) is 0 Å². The smallest absolute Gasteiger partial charge is 0.330 e. The van der Waals surface area contributed by atoms with E-state index in [4.69, 9.17) is 5.11 Å². The molecule has 0 saturated heterocycles. The minimum atomic E-state index is -0.850. The van der Waals surface area contributed by atoms with E-state index < -0.39 is 5.97 Å². The molecule has 0 rings (SSSR count). The molecule has 0 amide bonds. The Morgan fingerprint density at radius 3 is 1.71 bits per heavy atom. The van der Waals surface area contributed by atoms with Gasteiger partial charge in [-0.25, -0.2) is 4.79 Å². The van der Waals surface area contributed by atoms with Gasteiger partial charge in [-0.1, -0.05) is 67.5 Å². The predicted molar refractivity (Wildman–Crippen MR) is 76.7 cm³/mol. The van der Waals surface area contributed by atoms with E-state index in [-0.39, 0.29) is 0 Å². The number of carboxylic acids is 1. The summed E-state index contributed by atoms with van der Waals surface area (Å²) in [5, 5.41) is 9.75. The molecule has 3 heteroatoms. The summed E-state index contributed by atoms with van der Waals surface area (Å²) >= 11 is 3.43. The Morgan fingerprint density at radius 2 is 1.29 bits per heavy atom. The third kappa shape index (κ3) is 11.9. The molecule has 0 aliphatic rings. The van der Waals surface area contributed by atoms with Crippen molar-refractivity contribution in [3.63, 3.8) is 0 Å². The highest BCUT2D eigenvalue weighted by Gasteiger charge is 2.02. The molecule has 2 nitrogen and oxygen atoms in total. The molecule has 1 N–H and O–H groups in total. The Labute approximate surface area is 114 Å². The van der Waals surface area contributed by atoms with Crippen molar-refractivity contribution in [3.05, 3.63) is 12.2 Å². The number of carbonyl (C=O) groups is 1. The Hall–Kier alpha value is -0.310. The fourth-order valence-corrected chi connectivity index (χ4v) is 2.17. The van der Waals surface area contributed by atoms with Crippen molar-refractivity contribution < 1.29 is 9.90 Å². The topological polar surface area (TPSA) is 37.3 Å². The maximum Gasteiger partial charge on any atom is 0.330 e. The fourth-order valence-electron chi connectivity index (χ4n) is 1.78. The van der Waals surface area contributed by atoms with Crippen molar-refractivity contribution in [2.75, 3.05) is 5.33 Å². The van der Waals surface area contributed by atoms with Crippen LogP contribution in [0.3, 0.4) is 0 Å². The molecule has 0 aromatic carbocycles. The Balaban J connectivity index is 3.08. The summed E-state index contributed by atoms with van der Waals surface area (Å²) in [4.78, 5) is 10.5. The maximum absolute atomic E-state index is 10.5. The summed E-state index contributed by atoms with van der Waals surface area (Å²) in [5.41, 5.74) is 0.347. The van der Waals surface area contributed by atoms with E-state index in [1.54, 1.807) is 0 Å². The number of rotatable bonds is 12. The van der Waals surface area contributed by atoms with Gasteiger partial charge in [-0.05, 0) is 19.3 Å². The third-order valence-electron chi connectivity index (χ3n) is 2.91. The number of unbranched alkanes of at least 4 members (excludes halogenated alkanes) is 8. The molecule has 0 atom stereocenters. The van der Waals surface area contributed by atoms with Gasteiger partial charge in [-0.15, -0.1) is 0 Å². The second-order valence-electron chi connectivity index (χ2n) is 4.53. The first-order valence-electron chi connectivity index (χ1n) is 6.65. The molecule has 0 aromatic rings. The summed E-state index contributed by atoms with van der Waals surface area (Å²) in [6, 6.07) is 0. The highest BCUT2D eigenvalue weighted by Crippen LogP contribution is 2.12. The lowest BCUT2D eigenvalue weighted by Crippen LogP contribution is -1.98. The lowest BCUT2D eigenvalue weighted by atomic mass is 10.0. The zero-order valence-corrected chi connectivity index (χ0v) is 12.3. The lowest BCUT2D eigenvalue weighted by Gasteiger charge is -2.02. The number of hydrogen-bond acceptors (Lipinski definition) is 1. The molecule has 0 fully saturated rings. The van der Waals surface area contributed by atoms with Gasteiger partial charge in [0.15, 0.2) is 0 Å². The molecule has 0 bridgehead atoms. The van der Waals surface area contributed by atoms with Crippen LogP contribution >= 0.6 is 15.9 Å². The molecular weight excluding hydrogens is 280 g/mol. The van der Waals surface area contributed by atoms with Crippen molar-refractivity contribution in [2.45, 2.75) is 64.2 Å². The van der Waals surface area contributed by atoms with Gasteiger partial charge in [0.1, 0.15) is 0 Å². The minimum Gasteiger partial charge on any atom is -0.478 e. The Kier molecular flexibility index (Phi) is 11.9. The summed E-state index contributed by atoms with van der Waals surface area (Å²) < 4.78 is 0. The van der Waals surface area contributed by atoms with Crippen LogP contribution in [0.2, 0.25) is 0 Å². The van der Waals surface area contributed by atoms with Crippen molar-refractivity contribution >= 4 is 21.9 Å². The molecule has 0 heterocycles. The fraction of sp³-hybridized carbons (Fsp3) is 0.786. The van der Waals surface area contributed by atoms with Crippen LogP contribution in [-0.4, -0.2) is 16.4 Å². The average molecular weight is 305 g/mol. The van der Waals surface area contributed by atoms with Gasteiger partial charge in [0, 0.05) is 10.9 Å². The first-order chi connectivity index (χ1) is 8.18. The first kappa shape index (κ1) is 16.7. The molecule has 0 aromatic heterocycles. The van der Waals surface area contributed by atoms with Crippen LogP contribution in [0, 0.1) is 0 Å². The van der Waals surface area contributed by atoms with Gasteiger partial charge >= 0.3 is 5.97 Å². The highest BCUT2D eigenvalue weighted by molar-refractivity contribution is 9.09. The monoisotopic (exact) mass is 304 g/mol. The predicted octanol–water partition coefficient (Wildman–Crippen LogP) is 4.92. The SMILES string of the molecule is C=C(CCCCCCCCCCCBr)C(=O)O. The molecule has 0 unspecified atom stereocenters. The third-order valence-corrected chi connectivity index (χ3v) is 3.48. The lowest BCUT2D eigenvalue weighted by molar-refractivity contribution is -0.132. The number of halogens is 1. The molecule has 100 valence electrons. The van der Waals surface area contributed by atoms with Crippen LogP contribution in [0.1, 0.15) is 64.2 Å². The largest absolute Gasteiger partial charge is 0.478 e. The number of carboxylic acid groups (broad SMARTS) is 1. The molecule has 0 spiro atoms. The van der Waals surface area contributed by atoms with E-state index in [2.05, 4.69) is 22.5 Å². The van der Waals surface area contributed by atoms with Crippen molar-refractivity contribution in [3.8, 4) is 0 Å². The van der Waals surface area contributed by atoms with Crippen molar-refractivity contribution in [1.29, 1.82) is 0 Å². The average Bonchev–Trinajstić information content (AvgIpc) is 2.31. The van der Waals surface area contributed by atoms with E-state index in [0.717, 1.165) is 18.2 Å². The van der Waals surface area contributed by atoms with E-state index in [0.29, 0.717) is 12.0 Å². The molecule has 0 aliphatic carbocycles. The zero-order chi connectivity index (χ0) is 12.9.